The smallest absolute Gasteiger partial charge is 0.225 e. The second-order valence-electron chi connectivity index (χ2n) is 5.23. The van der Waals surface area contributed by atoms with Gasteiger partial charge < -0.3 is 15.1 Å². The number of aromatic nitrogens is 2. The molecule has 1 aromatic heterocycles. The summed E-state index contributed by atoms with van der Waals surface area (Å²) in [5, 5.41) is 3.11. The summed E-state index contributed by atoms with van der Waals surface area (Å²) in [5.41, 5.74) is 2.41. The van der Waals surface area contributed by atoms with E-state index in [2.05, 4.69) is 55.4 Å². The van der Waals surface area contributed by atoms with Crippen LogP contribution in [-0.2, 0) is 6.54 Å². The fraction of sp³-hybridized carbons (Fsp3) is 0.375. The molecular weight excluding hydrogens is 262 g/mol. The van der Waals surface area contributed by atoms with Crippen molar-refractivity contribution in [3.05, 3.63) is 48.3 Å². The molecule has 1 saturated heterocycles. The molecule has 1 N–H and O–H groups in total. The standard InChI is InChI=1S/C16H21N5/c1-17-11-14-12-18-16(19-13-14)21-9-7-20(8-10-21)15-5-3-2-4-6-15/h2-6,12-13,17H,7-11H2,1H3. The Hall–Kier alpha value is -2.14. The summed E-state index contributed by atoms with van der Waals surface area (Å²) < 4.78 is 0. The van der Waals surface area contributed by atoms with E-state index in [-0.39, 0.29) is 0 Å². The average Bonchev–Trinajstić information content (AvgIpc) is 2.57. The molecule has 1 fully saturated rings. The number of nitrogens with one attached hydrogen (secondary N) is 1. The molecule has 5 heteroatoms. The maximum atomic E-state index is 4.48. The van der Waals surface area contributed by atoms with Crippen LogP contribution in [0.1, 0.15) is 5.56 Å². The van der Waals surface area contributed by atoms with Gasteiger partial charge in [-0.3, -0.25) is 0 Å². The molecule has 0 aliphatic carbocycles. The lowest BCUT2D eigenvalue weighted by Crippen LogP contribution is -2.47. The largest absolute Gasteiger partial charge is 0.368 e. The van der Waals surface area contributed by atoms with E-state index in [1.165, 1.54) is 5.69 Å². The second-order valence-corrected chi connectivity index (χ2v) is 5.23. The maximum absolute atomic E-state index is 4.48. The van der Waals surface area contributed by atoms with E-state index >= 15 is 0 Å². The Morgan fingerprint density at radius 2 is 1.57 bits per heavy atom. The van der Waals surface area contributed by atoms with Crippen molar-refractivity contribution in [1.29, 1.82) is 0 Å². The summed E-state index contributed by atoms with van der Waals surface area (Å²) in [6.07, 6.45) is 3.81. The van der Waals surface area contributed by atoms with Gasteiger partial charge in [0.1, 0.15) is 0 Å². The van der Waals surface area contributed by atoms with Gasteiger partial charge in [0.25, 0.3) is 0 Å². The molecule has 0 unspecified atom stereocenters. The van der Waals surface area contributed by atoms with Crippen molar-refractivity contribution in [2.45, 2.75) is 6.54 Å². The predicted octanol–water partition coefficient (Wildman–Crippen LogP) is 1.52. The molecular formula is C16H21N5. The van der Waals surface area contributed by atoms with Crippen molar-refractivity contribution in [3.63, 3.8) is 0 Å². The lowest BCUT2D eigenvalue weighted by atomic mass is 10.2. The summed E-state index contributed by atoms with van der Waals surface area (Å²) in [5.74, 6) is 0.836. The van der Waals surface area contributed by atoms with Gasteiger partial charge in [0.15, 0.2) is 0 Å². The summed E-state index contributed by atoms with van der Waals surface area (Å²) >= 11 is 0. The van der Waals surface area contributed by atoms with Crippen molar-refractivity contribution in [2.24, 2.45) is 0 Å². The lowest BCUT2D eigenvalue weighted by Gasteiger charge is -2.36. The maximum Gasteiger partial charge on any atom is 0.225 e. The number of hydrogen-bond acceptors (Lipinski definition) is 5. The third kappa shape index (κ3) is 3.31. The predicted molar refractivity (Wildman–Crippen MR) is 85.7 cm³/mol. The van der Waals surface area contributed by atoms with Crippen molar-refractivity contribution < 1.29 is 0 Å². The zero-order valence-electron chi connectivity index (χ0n) is 12.4. The molecule has 1 aliphatic rings. The number of hydrogen-bond donors (Lipinski definition) is 1. The molecule has 21 heavy (non-hydrogen) atoms. The topological polar surface area (TPSA) is 44.3 Å². The number of para-hydroxylation sites is 1. The minimum Gasteiger partial charge on any atom is -0.368 e. The van der Waals surface area contributed by atoms with E-state index in [1.54, 1.807) is 0 Å². The lowest BCUT2D eigenvalue weighted by molar-refractivity contribution is 0.639. The molecule has 1 aliphatic heterocycles. The zero-order chi connectivity index (χ0) is 14.5. The van der Waals surface area contributed by atoms with Crippen LogP contribution in [0.4, 0.5) is 11.6 Å². The molecule has 3 rings (SSSR count). The Labute approximate surface area is 125 Å². The number of rotatable bonds is 4. The SMILES string of the molecule is CNCc1cnc(N2CCN(c3ccccc3)CC2)nc1. The quantitative estimate of drug-likeness (QED) is 0.922. The summed E-state index contributed by atoms with van der Waals surface area (Å²) in [6, 6.07) is 10.6. The normalized spacial score (nSPS) is 15.3. The van der Waals surface area contributed by atoms with E-state index < -0.39 is 0 Å². The Morgan fingerprint density at radius 1 is 0.952 bits per heavy atom. The van der Waals surface area contributed by atoms with E-state index in [1.807, 2.05) is 19.4 Å². The first kappa shape index (κ1) is 13.8. The van der Waals surface area contributed by atoms with Crippen LogP contribution in [0.15, 0.2) is 42.7 Å². The molecule has 2 aromatic rings. The molecule has 1 aromatic carbocycles. The van der Waals surface area contributed by atoms with Gasteiger partial charge in [0.05, 0.1) is 0 Å². The Bertz CT molecular complexity index is 547. The highest BCUT2D eigenvalue weighted by atomic mass is 15.3. The first-order chi connectivity index (χ1) is 10.4. The fourth-order valence-corrected chi connectivity index (χ4v) is 2.61. The molecule has 0 bridgehead atoms. The van der Waals surface area contributed by atoms with Crippen LogP contribution in [0.25, 0.3) is 0 Å². The second kappa shape index (κ2) is 6.54. The Kier molecular flexibility index (Phi) is 4.31. The zero-order valence-corrected chi connectivity index (χ0v) is 12.4. The summed E-state index contributed by atoms with van der Waals surface area (Å²) in [6.45, 7) is 4.74. The summed E-state index contributed by atoms with van der Waals surface area (Å²) in [7, 11) is 1.93. The highest BCUT2D eigenvalue weighted by molar-refractivity contribution is 5.48. The molecule has 0 saturated carbocycles. The third-order valence-electron chi connectivity index (χ3n) is 3.76. The third-order valence-corrected chi connectivity index (χ3v) is 3.76. The van der Waals surface area contributed by atoms with Crippen LogP contribution in [0, 0.1) is 0 Å². The molecule has 0 spiro atoms. The fourth-order valence-electron chi connectivity index (χ4n) is 2.61. The molecule has 0 amide bonds. The monoisotopic (exact) mass is 283 g/mol. The molecule has 110 valence electrons. The first-order valence-electron chi connectivity index (χ1n) is 7.37. The van der Waals surface area contributed by atoms with Crippen LogP contribution < -0.4 is 15.1 Å². The molecule has 2 heterocycles. The Balaban J connectivity index is 1.60. The number of benzene rings is 1. The van der Waals surface area contributed by atoms with E-state index in [4.69, 9.17) is 0 Å². The van der Waals surface area contributed by atoms with Gasteiger partial charge in [-0.2, -0.15) is 0 Å². The van der Waals surface area contributed by atoms with Crippen molar-refractivity contribution in [2.75, 3.05) is 43.0 Å². The van der Waals surface area contributed by atoms with Crippen LogP contribution in [-0.4, -0.2) is 43.2 Å². The molecule has 0 radical (unpaired) electrons. The summed E-state index contributed by atoms with van der Waals surface area (Å²) in [4.78, 5) is 13.6. The van der Waals surface area contributed by atoms with Crippen LogP contribution in [0.5, 0.6) is 0 Å². The highest BCUT2D eigenvalue weighted by Gasteiger charge is 2.18. The Morgan fingerprint density at radius 3 is 2.19 bits per heavy atom. The van der Waals surface area contributed by atoms with Gasteiger partial charge in [-0.25, -0.2) is 9.97 Å². The van der Waals surface area contributed by atoms with Crippen molar-refractivity contribution in [1.82, 2.24) is 15.3 Å². The number of nitrogens with zero attached hydrogens (tertiary/aromatic N) is 4. The number of anilines is 2. The minimum absolute atomic E-state index is 0.808. The highest BCUT2D eigenvalue weighted by Crippen LogP contribution is 2.17. The first-order valence-corrected chi connectivity index (χ1v) is 7.37. The average molecular weight is 283 g/mol. The van der Waals surface area contributed by atoms with Crippen molar-refractivity contribution in [3.8, 4) is 0 Å². The molecule has 0 atom stereocenters. The van der Waals surface area contributed by atoms with Crippen LogP contribution in [0.2, 0.25) is 0 Å². The van der Waals surface area contributed by atoms with Gasteiger partial charge in [-0.05, 0) is 19.2 Å². The minimum atomic E-state index is 0.808. The van der Waals surface area contributed by atoms with Crippen LogP contribution in [0.3, 0.4) is 0 Å². The van der Waals surface area contributed by atoms with E-state index in [0.29, 0.717) is 0 Å². The van der Waals surface area contributed by atoms with Crippen molar-refractivity contribution >= 4 is 11.6 Å². The van der Waals surface area contributed by atoms with Gasteiger partial charge in [-0.1, -0.05) is 18.2 Å². The van der Waals surface area contributed by atoms with E-state index in [9.17, 15) is 0 Å². The van der Waals surface area contributed by atoms with E-state index in [0.717, 1.165) is 44.2 Å². The van der Waals surface area contributed by atoms with Gasteiger partial charge in [-0.15, -0.1) is 0 Å². The van der Waals surface area contributed by atoms with Crippen LogP contribution >= 0.6 is 0 Å². The van der Waals surface area contributed by atoms with Gasteiger partial charge in [0.2, 0.25) is 5.95 Å². The van der Waals surface area contributed by atoms with Gasteiger partial charge in [0, 0.05) is 56.4 Å². The van der Waals surface area contributed by atoms with Gasteiger partial charge >= 0.3 is 0 Å². The number of piperazine rings is 1. The molecule has 5 nitrogen and oxygen atoms in total.